The quantitative estimate of drug-likeness (QED) is 0.0922. The van der Waals surface area contributed by atoms with E-state index in [0.717, 1.165) is 56.3 Å². The number of benzene rings is 5. The van der Waals surface area contributed by atoms with E-state index >= 15 is 0 Å². The third-order valence-electron chi connectivity index (χ3n) is 9.23. The average Bonchev–Trinajstić information content (AvgIpc) is 3.30. The molecular weight excluding hydrogens is 793 g/mol. The van der Waals surface area contributed by atoms with E-state index in [4.69, 9.17) is 4.98 Å². The highest BCUT2D eigenvalue weighted by Crippen LogP contribution is 2.29. The number of rotatable bonds is 15. The zero-order valence-corrected chi connectivity index (χ0v) is 37.0. The van der Waals surface area contributed by atoms with E-state index in [0.29, 0.717) is 11.9 Å². The molecule has 0 atom stereocenters. The summed E-state index contributed by atoms with van der Waals surface area (Å²) in [5.41, 5.74) is 9.82. The molecule has 0 saturated carbocycles. The molecule has 7 rings (SSSR count). The summed E-state index contributed by atoms with van der Waals surface area (Å²) in [5, 5.41) is 2.95. The van der Waals surface area contributed by atoms with Crippen LogP contribution in [0.1, 0.15) is 36.1 Å². The number of thioether (sulfide) groups is 4. The van der Waals surface area contributed by atoms with Gasteiger partial charge in [0.25, 0.3) is 0 Å². The first-order valence-corrected chi connectivity index (χ1v) is 23.5. The Labute approximate surface area is 360 Å². The first-order valence-electron chi connectivity index (χ1n) is 19.0. The molecule has 58 heavy (non-hydrogen) atoms. The Morgan fingerprint density at radius 2 is 0.724 bits per heavy atom. The Balaban J connectivity index is 0.000000200. The second-order valence-corrected chi connectivity index (χ2v) is 16.5. The van der Waals surface area contributed by atoms with Crippen LogP contribution in [0.5, 0.6) is 0 Å². The first kappa shape index (κ1) is 42.7. The number of hydrogen-bond acceptors (Lipinski definition) is 12. The van der Waals surface area contributed by atoms with Crippen molar-refractivity contribution in [1.29, 1.82) is 0 Å². The minimum atomic E-state index is 0.656. The van der Waals surface area contributed by atoms with Crippen molar-refractivity contribution < 1.29 is 0 Å². The zero-order chi connectivity index (χ0) is 40.7. The summed E-state index contributed by atoms with van der Waals surface area (Å²) >= 11 is 6.34. The van der Waals surface area contributed by atoms with Gasteiger partial charge in [0.2, 0.25) is 11.9 Å². The SMILES string of the molecule is CCc1ccc(-c2ccc(CSc3nc(SC)nc(N(C)c4ccccc4)n3)cc2)cc1.CCc1ccc(CSc2nc(SC)nc(N(C)c3ccccc3)n2)cc1. The fraction of sp³-hybridized carbons (Fsp3) is 0.217. The van der Waals surface area contributed by atoms with Crippen LogP contribution in [0, 0.1) is 0 Å². The van der Waals surface area contributed by atoms with E-state index in [1.54, 1.807) is 23.5 Å². The number of para-hydroxylation sites is 2. The molecule has 0 unspecified atom stereocenters. The van der Waals surface area contributed by atoms with Gasteiger partial charge in [-0.2, -0.15) is 29.9 Å². The van der Waals surface area contributed by atoms with E-state index in [2.05, 4.69) is 112 Å². The lowest BCUT2D eigenvalue weighted by Gasteiger charge is -2.17. The highest BCUT2D eigenvalue weighted by Gasteiger charge is 2.14. The summed E-state index contributed by atoms with van der Waals surface area (Å²) in [5.74, 6) is 2.97. The number of aryl methyl sites for hydroxylation is 2. The molecule has 7 aromatic rings. The normalized spacial score (nSPS) is 10.8. The van der Waals surface area contributed by atoms with Crippen LogP contribution in [0.4, 0.5) is 23.3 Å². The molecule has 0 bridgehead atoms. The molecule has 8 nitrogen and oxygen atoms in total. The minimum Gasteiger partial charge on any atom is -0.313 e. The standard InChI is InChI=1S/C26H26N4S2.C20H22N4S2/c1-4-19-10-14-21(15-11-19)22-16-12-20(13-17-22)18-32-26-28-24(27-25(29-26)31-3)30(2)23-8-6-5-7-9-23;1-4-15-10-12-16(13-11-15)14-26-20-22-18(21-19(23-20)25-3)24(2)17-8-6-5-7-9-17/h5-17H,4,18H2,1-3H3;5-13H,4,14H2,1-3H3. The number of nitrogens with zero attached hydrogens (tertiary/aromatic N) is 8. The van der Waals surface area contributed by atoms with Crippen molar-refractivity contribution in [2.45, 2.75) is 58.8 Å². The van der Waals surface area contributed by atoms with Gasteiger partial charge in [0.1, 0.15) is 0 Å². The van der Waals surface area contributed by atoms with Crippen LogP contribution in [-0.4, -0.2) is 56.5 Å². The lowest BCUT2D eigenvalue weighted by Crippen LogP contribution is -2.14. The van der Waals surface area contributed by atoms with Gasteiger partial charge in [-0.05, 0) is 83.0 Å². The molecule has 0 amide bonds. The highest BCUT2D eigenvalue weighted by molar-refractivity contribution is 7.99. The summed E-state index contributed by atoms with van der Waals surface area (Å²) in [6.45, 7) is 4.35. The maximum atomic E-state index is 4.71. The first-order chi connectivity index (χ1) is 28.3. The van der Waals surface area contributed by atoms with Crippen molar-refractivity contribution in [3.05, 3.63) is 156 Å². The van der Waals surface area contributed by atoms with E-state index in [9.17, 15) is 0 Å². The number of aromatic nitrogens is 6. The molecule has 0 spiro atoms. The molecule has 0 saturated heterocycles. The summed E-state index contributed by atoms with van der Waals surface area (Å²) in [6.07, 6.45) is 6.10. The molecular formula is C46H48N8S4. The van der Waals surface area contributed by atoms with Gasteiger partial charge in [-0.15, -0.1) is 0 Å². The van der Waals surface area contributed by atoms with Crippen molar-refractivity contribution in [3.63, 3.8) is 0 Å². The largest absolute Gasteiger partial charge is 0.313 e. The van der Waals surface area contributed by atoms with Gasteiger partial charge < -0.3 is 9.80 Å². The van der Waals surface area contributed by atoms with Crippen molar-refractivity contribution in [2.24, 2.45) is 0 Å². The van der Waals surface area contributed by atoms with Crippen LogP contribution in [0.2, 0.25) is 0 Å². The third-order valence-corrected chi connectivity index (χ3v) is 12.2. The second kappa shape index (κ2) is 21.8. The molecule has 0 fully saturated rings. The van der Waals surface area contributed by atoms with Crippen LogP contribution in [0.15, 0.2) is 154 Å². The van der Waals surface area contributed by atoms with Gasteiger partial charge in [-0.25, -0.2) is 0 Å². The predicted molar refractivity (Wildman–Crippen MR) is 248 cm³/mol. The van der Waals surface area contributed by atoms with Gasteiger partial charge >= 0.3 is 0 Å². The van der Waals surface area contributed by atoms with Crippen LogP contribution < -0.4 is 9.80 Å². The summed E-state index contributed by atoms with van der Waals surface area (Å²) in [7, 11) is 3.96. The maximum absolute atomic E-state index is 4.71. The monoisotopic (exact) mass is 840 g/mol. The van der Waals surface area contributed by atoms with Crippen molar-refractivity contribution in [1.82, 2.24) is 29.9 Å². The molecule has 0 aliphatic heterocycles. The number of anilines is 4. The summed E-state index contributed by atoms with van der Waals surface area (Å²) in [4.78, 5) is 31.7. The topological polar surface area (TPSA) is 83.8 Å². The predicted octanol–water partition coefficient (Wildman–Crippen LogP) is 12.1. The molecule has 0 aliphatic rings. The Morgan fingerprint density at radius 1 is 0.397 bits per heavy atom. The van der Waals surface area contributed by atoms with Gasteiger partial charge in [0.05, 0.1) is 0 Å². The molecule has 12 heteroatoms. The highest BCUT2D eigenvalue weighted by atomic mass is 32.2. The van der Waals surface area contributed by atoms with Gasteiger partial charge in [-0.3, -0.25) is 0 Å². The van der Waals surface area contributed by atoms with Gasteiger partial charge in [0.15, 0.2) is 20.6 Å². The van der Waals surface area contributed by atoms with Gasteiger partial charge in [0, 0.05) is 37.0 Å². The van der Waals surface area contributed by atoms with Crippen molar-refractivity contribution in [3.8, 4) is 11.1 Å². The lowest BCUT2D eigenvalue weighted by molar-refractivity contribution is 0.791. The fourth-order valence-corrected chi connectivity index (χ4v) is 8.08. The van der Waals surface area contributed by atoms with Crippen molar-refractivity contribution >= 4 is 70.3 Å². The van der Waals surface area contributed by atoms with Gasteiger partial charge in [-0.1, -0.05) is 170 Å². The Morgan fingerprint density at radius 3 is 1.09 bits per heavy atom. The molecule has 5 aromatic carbocycles. The van der Waals surface area contributed by atoms with E-state index in [1.165, 1.54) is 56.9 Å². The maximum Gasteiger partial charge on any atom is 0.234 e. The van der Waals surface area contributed by atoms with E-state index in [-0.39, 0.29) is 0 Å². The molecule has 0 N–H and O–H groups in total. The molecule has 0 aliphatic carbocycles. The molecule has 0 radical (unpaired) electrons. The smallest absolute Gasteiger partial charge is 0.234 e. The van der Waals surface area contributed by atoms with E-state index in [1.807, 2.05) is 97.1 Å². The average molecular weight is 841 g/mol. The summed E-state index contributed by atoms with van der Waals surface area (Å²) < 4.78 is 0. The van der Waals surface area contributed by atoms with Crippen LogP contribution >= 0.6 is 47.0 Å². The minimum absolute atomic E-state index is 0.656. The molecule has 296 valence electrons. The summed E-state index contributed by atoms with van der Waals surface area (Å²) in [6, 6.07) is 46.5. The van der Waals surface area contributed by atoms with Crippen LogP contribution in [-0.2, 0) is 24.3 Å². The second-order valence-electron chi connectivity index (χ2n) is 13.1. The Hall–Kier alpha value is -4.88. The fourth-order valence-electron chi connectivity index (χ4n) is 5.69. The van der Waals surface area contributed by atoms with Crippen molar-refractivity contribution in [2.75, 3.05) is 36.4 Å². The Bertz CT molecular complexity index is 2310. The third kappa shape index (κ3) is 12.1. The lowest BCUT2D eigenvalue weighted by atomic mass is 10.0. The van der Waals surface area contributed by atoms with Crippen LogP contribution in [0.3, 0.4) is 0 Å². The number of hydrogen-bond donors (Lipinski definition) is 0. The molecule has 2 heterocycles. The van der Waals surface area contributed by atoms with E-state index < -0.39 is 0 Å². The Kier molecular flexibility index (Phi) is 16.0. The molecule has 2 aromatic heterocycles. The van der Waals surface area contributed by atoms with Crippen LogP contribution in [0.25, 0.3) is 11.1 Å². The zero-order valence-electron chi connectivity index (χ0n) is 33.7.